The van der Waals surface area contributed by atoms with Gasteiger partial charge in [0.25, 0.3) is 11.8 Å². The number of hydrogen-bond acceptors (Lipinski definition) is 6. The quantitative estimate of drug-likeness (QED) is 0.608. The third kappa shape index (κ3) is 7.35. The van der Waals surface area contributed by atoms with Gasteiger partial charge < -0.3 is 24.4 Å². The van der Waals surface area contributed by atoms with Crippen molar-refractivity contribution in [3.63, 3.8) is 0 Å². The van der Waals surface area contributed by atoms with E-state index in [0.29, 0.717) is 36.1 Å². The molecule has 3 atom stereocenters. The molecule has 0 bridgehead atoms. The van der Waals surface area contributed by atoms with E-state index in [9.17, 15) is 14.0 Å². The van der Waals surface area contributed by atoms with E-state index in [1.807, 2.05) is 0 Å². The average molecular weight is 542 g/mol. The Hall–Kier alpha value is -3.01. The number of fused-ring (bicyclic) bond motifs is 1. The molecule has 2 aromatic carbocycles. The van der Waals surface area contributed by atoms with Crippen molar-refractivity contribution in [2.45, 2.75) is 38.8 Å². The number of rotatable bonds is 5. The minimum Gasteiger partial charge on any atom is -0.491 e. The average Bonchev–Trinajstić information content (AvgIpc) is 2.94. The Bertz CT molecular complexity index is 1140. The van der Waals surface area contributed by atoms with Crippen molar-refractivity contribution in [1.82, 2.24) is 9.80 Å². The van der Waals surface area contributed by atoms with Crippen molar-refractivity contribution in [1.29, 1.82) is 0 Å². The van der Waals surface area contributed by atoms with E-state index >= 15 is 0 Å². The predicted molar refractivity (Wildman–Crippen MR) is 148 cm³/mol. The van der Waals surface area contributed by atoms with Crippen LogP contribution in [0.4, 0.5) is 10.1 Å². The molecule has 39 heavy (non-hydrogen) atoms. The molecule has 4 rings (SSSR count). The fraction of sp³-hybridized carbons (Fsp3) is 0.533. The van der Waals surface area contributed by atoms with E-state index in [2.05, 4.69) is 24.1 Å². The normalized spacial score (nSPS) is 23.8. The Morgan fingerprint density at radius 3 is 2.59 bits per heavy atom. The van der Waals surface area contributed by atoms with Gasteiger partial charge in [-0.3, -0.25) is 14.5 Å². The highest BCUT2D eigenvalue weighted by molar-refractivity contribution is 6.05. The van der Waals surface area contributed by atoms with E-state index in [1.54, 1.807) is 43.3 Å². The topological polar surface area (TPSA) is 80.3 Å². The molecule has 9 heteroatoms. The number of nitrogens with one attached hydrogen (secondary N) is 1. The van der Waals surface area contributed by atoms with E-state index < -0.39 is 11.7 Å². The summed E-state index contributed by atoms with van der Waals surface area (Å²) in [4.78, 5) is 30.4. The second-order valence-electron chi connectivity index (χ2n) is 10.8. The fourth-order valence-electron chi connectivity index (χ4n) is 5.29. The van der Waals surface area contributed by atoms with Crippen LogP contribution in [-0.4, -0.2) is 87.4 Å². The van der Waals surface area contributed by atoms with E-state index in [0.717, 1.165) is 39.1 Å². The molecular weight excluding hydrogens is 501 g/mol. The number of anilines is 1. The van der Waals surface area contributed by atoms with Crippen LogP contribution in [0.25, 0.3) is 0 Å². The van der Waals surface area contributed by atoms with Gasteiger partial charge in [0.05, 0.1) is 17.2 Å². The summed E-state index contributed by atoms with van der Waals surface area (Å²) in [5, 5.41) is 2.71. The number of benzene rings is 2. The van der Waals surface area contributed by atoms with E-state index in [1.165, 1.54) is 18.2 Å². The van der Waals surface area contributed by atoms with Crippen LogP contribution in [0.15, 0.2) is 42.5 Å². The molecule has 2 aliphatic rings. The maximum Gasteiger partial charge on any atom is 0.258 e. The largest absolute Gasteiger partial charge is 0.491 e. The first-order valence-corrected chi connectivity index (χ1v) is 13.7. The van der Waals surface area contributed by atoms with Crippen molar-refractivity contribution in [3.05, 3.63) is 59.4 Å². The van der Waals surface area contributed by atoms with Crippen LogP contribution >= 0.6 is 0 Å². The van der Waals surface area contributed by atoms with Crippen LogP contribution in [-0.2, 0) is 9.47 Å². The highest BCUT2D eigenvalue weighted by Crippen LogP contribution is 2.27. The minimum absolute atomic E-state index is 0.0691. The number of carbonyl (C=O) groups is 2. The zero-order chi connectivity index (χ0) is 27.9. The summed E-state index contributed by atoms with van der Waals surface area (Å²) in [6, 6.07) is 10.8. The second-order valence-corrected chi connectivity index (χ2v) is 10.8. The molecule has 2 heterocycles. The van der Waals surface area contributed by atoms with Gasteiger partial charge in [0.15, 0.2) is 0 Å². The molecule has 0 aromatic heterocycles. The van der Waals surface area contributed by atoms with Crippen LogP contribution in [0.1, 0.15) is 47.4 Å². The molecule has 212 valence electrons. The van der Waals surface area contributed by atoms with Gasteiger partial charge >= 0.3 is 0 Å². The maximum absolute atomic E-state index is 14.1. The van der Waals surface area contributed by atoms with Gasteiger partial charge in [-0.05, 0) is 61.9 Å². The highest BCUT2D eigenvalue weighted by Gasteiger charge is 2.30. The molecule has 8 nitrogen and oxygen atoms in total. The summed E-state index contributed by atoms with van der Waals surface area (Å²) >= 11 is 0. The molecule has 1 saturated heterocycles. The number of ether oxygens (including phenoxy) is 3. The molecule has 0 unspecified atom stereocenters. The minimum atomic E-state index is -0.612. The Balaban J connectivity index is 1.60. The third-order valence-corrected chi connectivity index (χ3v) is 7.78. The number of methoxy groups -OCH3 is 1. The van der Waals surface area contributed by atoms with Crippen molar-refractivity contribution in [3.8, 4) is 5.75 Å². The number of amides is 2. The summed E-state index contributed by atoms with van der Waals surface area (Å²) < 4.78 is 31.8. The van der Waals surface area contributed by atoms with E-state index in [4.69, 9.17) is 14.2 Å². The molecule has 2 aliphatic heterocycles. The van der Waals surface area contributed by atoms with E-state index in [-0.39, 0.29) is 29.5 Å². The van der Waals surface area contributed by atoms with Gasteiger partial charge in [-0.15, -0.1) is 0 Å². The Morgan fingerprint density at radius 2 is 1.87 bits per heavy atom. The van der Waals surface area contributed by atoms with Crippen molar-refractivity contribution in [2.75, 3.05) is 58.9 Å². The lowest BCUT2D eigenvalue weighted by molar-refractivity contribution is 0.0000222. The lowest BCUT2D eigenvalue weighted by Gasteiger charge is -2.38. The summed E-state index contributed by atoms with van der Waals surface area (Å²) in [5.41, 5.74) is 0.640. The second kappa shape index (κ2) is 13.4. The molecule has 0 saturated carbocycles. The SMILES string of the molecule is CO[C@@H]1CN(C)C(=O)c2cc(NC(=O)c3ccccc3F)ccc2OC[C@H](C)N(CC2CCOCC2)C[C@@H]1C. The molecule has 1 fully saturated rings. The Morgan fingerprint density at radius 1 is 1.13 bits per heavy atom. The third-order valence-electron chi connectivity index (χ3n) is 7.78. The molecule has 0 aliphatic carbocycles. The number of nitrogens with zero attached hydrogens (tertiary/aromatic N) is 2. The van der Waals surface area contributed by atoms with Crippen LogP contribution in [0.5, 0.6) is 5.75 Å². The van der Waals surface area contributed by atoms with Gasteiger partial charge in [-0.1, -0.05) is 19.1 Å². The first kappa shape index (κ1) is 29.0. The zero-order valence-electron chi connectivity index (χ0n) is 23.3. The molecule has 2 aromatic rings. The molecule has 0 radical (unpaired) electrons. The molecule has 1 N–H and O–H groups in total. The van der Waals surface area contributed by atoms with Crippen molar-refractivity contribution in [2.24, 2.45) is 11.8 Å². The molecule has 0 spiro atoms. The van der Waals surface area contributed by atoms with Gasteiger partial charge in [-0.25, -0.2) is 4.39 Å². The number of likely N-dealkylation sites (N-methyl/N-ethyl adjacent to an activating group) is 1. The predicted octanol–water partition coefficient (Wildman–Crippen LogP) is 4.31. The molecular formula is C30H40FN3O5. The first-order valence-electron chi connectivity index (χ1n) is 13.7. The van der Waals surface area contributed by atoms with Crippen LogP contribution in [0.2, 0.25) is 0 Å². The van der Waals surface area contributed by atoms with Crippen LogP contribution in [0.3, 0.4) is 0 Å². The van der Waals surface area contributed by atoms with Gasteiger partial charge in [-0.2, -0.15) is 0 Å². The van der Waals surface area contributed by atoms with Gasteiger partial charge in [0.1, 0.15) is 18.2 Å². The standard InChI is InChI=1S/C30H40FN3O5/c1-20-16-34(17-22-11-13-38-14-12-22)21(2)19-39-27-10-9-23(32-29(35)24-7-5-6-8-26(24)31)15-25(27)30(36)33(3)18-28(20)37-4/h5-10,15,20-22,28H,11-14,16-19H2,1-4H3,(H,32,35)/t20-,21-,28+/m0/s1. The number of carbonyl (C=O) groups excluding carboxylic acids is 2. The van der Waals surface area contributed by atoms with Crippen LogP contribution < -0.4 is 10.1 Å². The fourth-order valence-corrected chi connectivity index (χ4v) is 5.29. The summed E-state index contributed by atoms with van der Waals surface area (Å²) in [6.07, 6.45) is 1.94. The smallest absolute Gasteiger partial charge is 0.258 e. The van der Waals surface area contributed by atoms with Crippen molar-refractivity contribution >= 4 is 17.5 Å². The van der Waals surface area contributed by atoms with Gasteiger partial charge in [0, 0.05) is 58.7 Å². The number of halogens is 1. The highest BCUT2D eigenvalue weighted by atomic mass is 19.1. The Labute approximate surface area is 230 Å². The zero-order valence-corrected chi connectivity index (χ0v) is 23.3. The van der Waals surface area contributed by atoms with Crippen LogP contribution in [0, 0.1) is 17.7 Å². The van der Waals surface area contributed by atoms with Gasteiger partial charge in [0.2, 0.25) is 0 Å². The monoisotopic (exact) mass is 541 g/mol. The first-order chi connectivity index (χ1) is 18.8. The Kier molecular flexibility index (Phi) is 9.94. The maximum atomic E-state index is 14.1. The van der Waals surface area contributed by atoms with Crippen molar-refractivity contribution < 1.29 is 28.2 Å². The summed E-state index contributed by atoms with van der Waals surface area (Å²) in [5.74, 6) is -0.255. The lowest BCUT2D eigenvalue weighted by atomic mass is 9.96. The summed E-state index contributed by atoms with van der Waals surface area (Å²) in [7, 11) is 3.43. The lowest BCUT2D eigenvalue weighted by Crippen LogP contribution is -2.48. The number of hydrogen-bond donors (Lipinski definition) is 1. The summed E-state index contributed by atoms with van der Waals surface area (Å²) in [6.45, 7) is 8.50. The molecule has 2 amide bonds.